The molecule has 1 aromatic rings. The Morgan fingerprint density at radius 1 is 1.17 bits per heavy atom. The first-order chi connectivity index (χ1) is 8.49. The van der Waals surface area contributed by atoms with Crippen molar-refractivity contribution in [3.8, 4) is 0 Å². The highest BCUT2D eigenvalue weighted by Crippen LogP contribution is 2.14. The molecule has 0 aliphatic rings. The van der Waals surface area contributed by atoms with Crippen molar-refractivity contribution < 1.29 is 18.0 Å². The van der Waals surface area contributed by atoms with Crippen molar-refractivity contribution in [3.63, 3.8) is 0 Å². The van der Waals surface area contributed by atoms with Crippen molar-refractivity contribution in [2.75, 3.05) is 13.1 Å². The van der Waals surface area contributed by atoms with Crippen molar-refractivity contribution in [2.24, 2.45) is 0 Å². The van der Waals surface area contributed by atoms with E-state index >= 15 is 0 Å². The molecule has 0 spiro atoms. The number of nitrogens with one attached hydrogen (secondary N) is 1. The van der Waals surface area contributed by atoms with E-state index in [2.05, 4.69) is 5.32 Å². The van der Waals surface area contributed by atoms with Gasteiger partial charge in [0.15, 0.2) is 0 Å². The van der Waals surface area contributed by atoms with Crippen LogP contribution >= 0.6 is 0 Å². The molecule has 0 radical (unpaired) electrons. The van der Waals surface area contributed by atoms with Crippen LogP contribution in [-0.2, 0) is 6.54 Å². The number of urea groups is 1. The van der Waals surface area contributed by atoms with Gasteiger partial charge in [0.25, 0.3) is 0 Å². The monoisotopic (exact) mass is 260 g/mol. The highest BCUT2D eigenvalue weighted by Gasteiger charge is 2.14. The summed E-state index contributed by atoms with van der Waals surface area (Å²) in [5.41, 5.74) is -0.350. The van der Waals surface area contributed by atoms with Gasteiger partial charge < -0.3 is 10.2 Å². The van der Waals surface area contributed by atoms with Gasteiger partial charge in [-0.05, 0) is 13.8 Å². The first-order valence-corrected chi connectivity index (χ1v) is 5.65. The molecule has 0 aliphatic heterocycles. The molecule has 0 unspecified atom stereocenters. The molecule has 100 valence electrons. The van der Waals surface area contributed by atoms with Gasteiger partial charge in [-0.25, -0.2) is 18.0 Å². The Morgan fingerprint density at radius 3 is 2.11 bits per heavy atom. The van der Waals surface area contributed by atoms with E-state index in [0.717, 1.165) is 0 Å². The minimum Gasteiger partial charge on any atom is -0.334 e. The molecule has 1 N–H and O–H groups in total. The number of benzene rings is 1. The van der Waals surface area contributed by atoms with Gasteiger partial charge in [-0.15, -0.1) is 0 Å². The predicted octanol–water partition coefficient (Wildman–Crippen LogP) is 2.66. The predicted molar refractivity (Wildman–Crippen MR) is 61.5 cm³/mol. The van der Waals surface area contributed by atoms with Gasteiger partial charge in [0.2, 0.25) is 0 Å². The smallest absolute Gasteiger partial charge is 0.317 e. The second-order valence-electron chi connectivity index (χ2n) is 3.68. The Hall–Kier alpha value is -1.72. The summed E-state index contributed by atoms with van der Waals surface area (Å²) < 4.78 is 39.2. The van der Waals surface area contributed by atoms with Crippen LogP contribution in [0.1, 0.15) is 19.4 Å². The molecule has 18 heavy (non-hydrogen) atoms. The van der Waals surface area contributed by atoms with Gasteiger partial charge in [-0.3, -0.25) is 0 Å². The number of carbonyl (C=O) groups is 1. The average molecular weight is 260 g/mol. The van der Waals surface area contributed by atoms with Crippen molar-refractivity contribution in [1.29, 1.82) is 0 Å². The van der Waals surface area contributed by atoms with E-state index in [1.54, 1.807) is 13.8 Å². The lowest BCUT2D eigenvalue weighted by molar-refractivity contribution is 0.202. The maximum absolute atomic E-state index is 13.3. The number of rotatable bonds is 4. The Labute approximate surface area is 104 Å². The zero-order chi connectivity index (χ0) is 13.7. The molecular weight excluding hydrogens is 245 g/mol. The maximum Gasteiger partial charge on any atom is 0.317 e. The number of nitrogens with zero attached hydrogens (tertiary/aromatic N) is 1. The molecule has 0 bridgehead atoms. The molecule has 0 fully saturated rings. The number of hydrogen-bond acceptors (Lipinski definition) is 1. The second kappa shape index (κ2) is 6.28. The molecule has 1 rings (SSSR count). The summed E-state index contributed by atoms with van der Waals surface area (Å²) in [5, 5.41) is 2.39. The first-order valence-electron chi connectivity index (χ1n) is 5.65. The van der Waals surface area contributed by atoms with Gasteiger partial charge >= 0.3 is 6.03 Å². The molecule has 3 nitrogen and oxygen atoms in total. The lowest BCUT2D eigenvalue weighted by Crippen LogP contribution is -2.39. The van der Waals surface area contributed by atoms with Crippen molar-refractivity contribution >= 4 is 6.03 Å². The quantitative estimate of drug-likeness (QED) is 0.886. The Kier molecular flexibility index (Phi) is 5.00. The highest BCUT2D eigenvalue weighted by atomic mass is 19.1. The fourth-order valence-corrected chi connectivity index (χ4v) is 1.53. The van der Waals surface area contributed by atoms with Gasteiger partial charge in [0.1, 0.15) is 17.5 Å². The number of carbonyl (C=O) groups excluding carboxylic acids is 1. The van der Waals surface area contributed by atoms with Crippen molar-refractivity contribution in [3.05, 3.63) is 35.1 Å². The van der Waals surface area contributed by atoms with Gasteiger partial charge in [0.05, 0.1) is 6.54 Å². The third-order valence-electron chi connectivity index (χ3n) is 2.57. The SMILES string of the molecule is CCN(CC)C(=O)NCc1c(F)cc(F)cc1F. The minimum atomic E-state index is -1.01. The largest absolute Gasteiger partial charge is 0.334 e. The summed E-state index contributed by atoms with van der Waals surface area (Å²) in [4.78, 5) is 13.0. The third kappa shape index (κ3) is 3.38. The molecule has 2 amide bonds. The number of hydrogen-bond donors (Lipinski definition) is 1. The van der Waals surface area contributed by atoms with E-state index in [4.69, 9.17) is 0 Å². The van der Waals surface area contributed by atoms with Crippen LogP contribution in [0.25, 0.3) is 0 Å². The maximum atomic E-state index is 13.3. The first kappa shape index (κ1) is 14.3. The molecule has 6 heteroatoms. The molecule has 0 aromatic heterocycles. The van der Waals surface area contributed by atoms with E-state index in [0.29, 0.717) is 25.2 Å². The second-order valence-corrected chi connectivity index (χ2v) is 3.68. The van der Waals surface area contributed by atoms with E-state index in [9.17, 15) is 18.0 Å². The summed E-state index contributed by atoms with van der Waals surface area (Å²) in [5.74, 6) is -3.00. The molecule has 0 heterocycles. The summed E-state index contributed by atoms with van der Waals surface area (Å²) in [6.45, 7) is 4.27. The standard InChI is InChI=1S/C12H15F3N2O/c1-3-17(4-2)12(18)16-7-9-10(14)5-8(13)6-11(9)15/h5-6H,3-4,7H2,1-2H3,(H,16,18). The van der Waals surface area contributed by atoms with Crippen molar-refractivity contribution in [2.45, 2.75) is 20.4 Å². The molecule has 1 aromatic carbocycles. The van der Waals surface area contributed by atoms with Crippen LogP contribution in [0.2, 0.25) is 0 Å². The Morgan fingerprint density at radius 2 is 1.67 bits per heavy atom. The van der Waals surface area contributed by atoms with Crippen LogP contribution in [0.4, 0.5) is 18.0 Å². The van der Waals surface area contributed by atoms with Crippen LogP contribution in [0.5, 0.6) is 0 Å². The highest BCUT2D eigenvalue weighted by molar-refractivity contribution is 5.74. The van der Waals surface area contributed by atoms with E-state index in [1.807, 2.05) is 0 Å². The fourth-order valence-electron chi connectivity index (χ4n) is 1.53. The lowest BCUT2D eigenvalue weighted by Gasteiger charge is -2.19. The molecule has 0 atom stereocenters. The normalized spacial score (nSPS) is 10.3. The molecule has 0 saturated carbocycles. The van der Waals surface area contributed by atoms with Crippen LogP contribution in [0.15, 0.2) is 12.1 Å². The van der Waals surface area contributed by atoms with Crippen LogP contribution in [-0.4, -0.2) is 24.0 Å². The summed E-state index contributed by atoms with van der Waals surface area (Å²) in [6.07, 6.45) is 0. The van der Waals surface area contributed by atoms with Crippen LogP contribution < -0.4 is 5.32 Å². The van der Waals surface area contributed by atoms with E-state index in [-0.39, 0.29) is 12.1 Å². The number of halogens is 3. The Balaban J connectivity index is 2.72. The third-order valence-corrected chi connectivity index (χ3v) is 2.57. The summed E-state index contributed by atoms with van der Waals surface area (Å²) in [6, 6.07) is 0.757. The zero-order valence-electron chi connectivity index (χ0n) is 10.3. The van der Waals surface area contributed by atoms with Gasteiger partial charge in [0, 0.05) is 30.8 Å². The van der Waals surface area contributed by atoms with Gasteiger partial charge in [-0.2, -0.15) is 0 Å². The Bertz CT molecular complexity index is 410. The topological polar surface area (TPSA) is 32.3 Å². The number of amides is 2. The summed E-state index contributed by atoms with van der Waals surface area (Å²) >= 11 is 0. The lowest BCUT2D eigenvalue weighted by atomic mass is 10.2. The fraction of sp³-hybridized carbons (Fsp3) is 0.417. The minimum absolute atomic E-state index is 0.312. The van der Waals surface area contributed by atoms with Gasteiger partial charge in [-0.1, -0.05) is 0 Å². The molecule has 0 saturated heterocycles. The van der Waals surface area contributed by atoms with E-state index in [1.165, 1.54) is 4.90 Å². The average Bonchev–Trinajstić information content (AvgIpc) is 2.29. The summed E-state index contributed by atoms with van der Waals surface area (Å²) in [7, 11) is 0. The van der Waals surface area contributed by atoms with Crippen LogP contribution in [0, 0.1) is 17.5 Å². The van der Waals surface area contributed by atoms with Crippen molar-refractivity contribution in [1.82, 2.24) is 10.2 Å². The zero-order valence-corrected chi connectivity index (χ0v) is 10.3. The molecular formula is C12H15F3N2O. The molecule has 0 aliphatic carbocycles. The van der Waals surface area contributed by atoms with Crippen LogP contribution in [0.3, 0.4) is 0 Å². The van der Waals surface area contributed by atoms with E-state index < -0.39 is 23.5 Å².